The standard InChI is InChI=1S/C23H18N2O2/c24-25-21-18-14-8-7-13-17(18)20(23(21)27)22(26)19(15-9-3-1-4-10-15)16-11-5-2-6-12-16/h1-14,19-20H,24H2. The van der Waals surface area contributed by atoms with Crippen molar-refractivity contribution >= 4 is 17.3 Å². The summed E-state index contributed by atoms with van der Waals surface area (Å²) in [6.07, 6.45) is 0. The number of Topliss-reactive ketones (excluding diaryl/α,β-unsaturated/α-hetero) is 2. The van der Waals surface area contributed by atoms with Crippen LogP contribution in [-0.4, -0.2) is 17.3 Å². The van der Waals surface area contributed by atoms with Crippen LogP contribution >= 0.6 is 0 Å². The highest BCUT2D eigenvalue weighted by atomic mass is 16.2. The van der Waals surface area contributed by atoms with Crippen LogP contribution in [0.3, 0.4) is 0 Å². The summed E-state index contributed by atoms with van der Waals surface area (Å²) in [6.45, 7) is 0. The minimum atomic E-state index is -0.895. The van der Waals surface area contributed by atoms with Crippen LogP contribution in [0.5, 0.6) is 0 Å². The van der Waals surface area contributed by atoms with Crippen molar-refractivity contribution in [3.05, 3.63) is 107 Å². The molecule has 0 amide bonds. The Labute approximate surface area is 157 Å². The first-order chi connectivity index (χ1) is 13.2. The van der Waals surface area contributed by atoms with Crippen molar-refractivity contribution in [2.24, 2.45) is 10.9 Å². The van der Waals surface area contributed by atoms with Gasteiger partial charge in [0.15, 0.2) is 11.6 Å². The van der Waals surface area contributed by atoms with Crippen molar-refractivity contribution in [2.45, 2.75) is 11.8 Å². The highest BCUT2D eigenvalue weighted by Gasteiger charge is 2.43. The Morgan fingerprint density at radius 3 is 1.89 bits per heavy atom. The van der Waals surface area contributed by atoms with Gasteiger partial charge in [0, 0.05) is 5.56 Å². The van der Waals surface area contributed by atoms with Gasteiger partial charge >= 0.3 is 0 Å². The first kappa shape index (κ1) is 16.9. The van der Waals surface area contributed by atoms with Gasteiger partial charge in [0.1, 0.15) is 11.6 Å². The Balaban J connectivity index is 1.85. The van der Waals surface area contributed by atoms with E-state index in [4.69, 9.17) is 5.84 Å². The number of fused-ring (bicyclic) bond motifs is 1. The van der Waals surface area contributed by atoms with Gasteiger partial charge in [-0.05, 0) is 16.7 Å². The molecule has 27 heavy (non-hydrogen) atoms. The highest BCUT2D eigenvalue weighted by molar-refractivity contribution is 6.54. The highest BCUT2D eigenvalue weighted by Crippen LogP contribution is 2.38. The van der Waals surface area contributed by atoms with Crippen LogP contribution in [-0.2, 0) is 9.59 Å². The number of hydrazone groups is 1. The van der Waals surface area contributed by atoms with Gasteiger partial charge in [-0.1, -0.05) is 84.9 Å². The number of carbonyl (C=O) groups is 2. The summed E-state index contributed by atoms with van der Waals surface area (Å²) in [5.41, 5.74) is 3.20. The number of benzene rings is 3. The molecule has 1 aliphatic rings. The molecule has 0 aliphatic heterocycles. The molecular weight excluding hydrogens is 336 g/mol. The van der Waals surface area contributed by atoms with Crippen LogP contribution in [0.2, 0.25) is 0 Å². The van der Waals surface area contributed by atoms with E-state index in [9.17, 15) is 9.59 Å². The molecule has 3 aromatic carbocycles. The molecule has 4 nitrogen and oxygen atoms in total. The van der Waals surface area contributed by atoms with Crippen molar-refractivity contribution in [2.75, 3.05) is 0 Å². The van der Waals surface area contributed by atoms with Gasteiger partial charge in [-0.25, -0.2) is 0 Å². The SMILES string of the molecule is NN=C1C(=O)C(C(=O)C(c2ccccc2)c2ccccc2)c2ccccc21. The molecule has 0 saturated carbocycles. The molecule has 132 valence electrons. The lowest BCUT2D eigenvalue weighted by Gasteiger charge is -2.20. The van der Waals surface area contributed by atoms with Gasteiger partial charge in [-0.3, -0.25) is 9.59 Å². The number of carbonyl (C=O) groups excluding carboxylic acids is 2. The second-order valence-electron chi connectivity index (χ2n) is 6.52. The Morgan fingerprint density at radius 1 is 0.815 bits per heavy atom. The van der Waals surface area contributed by atoms with E-state index in [1.165, 1.54) is 0 Å². The van der Waals surface area contributed by atoms with Crippen LogP contribution in [0.4, 0.5) is 0 Å². The zero-order chi connectivity index (χ0) is 18.8. The lowest BCUT2D eigenvalue weighted by molar-refractivity contribution is -0.126. The maximum Gasteiger partial charge on any atom is 0.198 e. The molecule has 1 unspecified atom stereocenters. The minimum absolute atomic E-state index is 0.163. The molecule has 0 radical (unpaired) electrons. The molecule has 1 atom stereocenters. The molecule has 3 aromatic rings. The Bertz CT molecular complexity index is 987. The van der Waals surface area contributed by atoms with E-state index in [2.05, 4.69) is 5.10 Å². The van der Waals surface area contributed by atoms with Gasteiger partial charge in [0.25, 0.3) is 0 Å². The van der Waals surface area contributed by atoms with Crippen molar-refractivity contribution in [1.82, 2.24) is 0 Å². The van der Waals surface area contributed by atoms with E-state index in [-0.39, 0.29) is 17.3 Å². The third-order valence-corrected chi connectivity index (χ3v) is 4.99. The second-order valence-corrected chi connectivity index (χ2v) is 6.52. The maximum absolute atomic E-state index is 13.7. The third-order valence-electron chi connectivity index (χ3n) is 4.99. The number of hydrogen-bond acceptors (Lipinski definition) is 4. The fourth-order valence-corrected chi connectivity index (χ4v) is 3.77. The van der Waals surface area contributed by atoms with Crippen LogP contribution in [0.25, 0.3) is 0 Å². The Kier molecular flexibility index (Phi) is 4.38. The fourth-order valence-electron chi connectivity index (χ4n) is 3.77. The second kappa shape index (κ2) is 7.00. The van der Waals surface area contributed by atoms with Crippen molar-refractivity contribution in [3.8, 4) is 0 Å². The normalized spacial score (nSPS) is 17.3. The first-order valence-corrected chi connectivity index (χ1v) is 8.77. The summed E-state index contributed by atoms with van der Waals surface area (Å²) in [7, 11) is 0. The van der Waals surface area contributed by atoms with Crippen molar-refractivity contribution < 1.29 is 9.59 Å². The summed E-state index contributed by atoms with van der Waals surface area (Å²) in [6, 6.07) is 26.3. The number of nitrogens with zero attached hydrogens (tertiary/aromatic N) is 1. The molecule has 0 bridgehead atoms. The summed E-state index contributed by atoms with van der Waals surface area (Å²) < 4.78 is 0. The summed E-state index contributed by atoms with van der Waals surface area (Å²) in [5, 5.41) is 3.66. The molecule has 0 aromatic heterocycles. The lowest BCUT2D eigenvalue weighted by atomic mass is 9.80. The van der Waals surface area contributed by atoms with E-state index in [1.807, 2.05) is 72.8 Å². The summed E-state index contributed by atoms with van der Waals surface area (Å²) in [5.74, 6) is 3.53. The van der Waals surface area contributed by atoms with Crippen LogP contribution in [0, 0.1) is 0 Å². The van der Waals surface area contributed by atoms with Gasteiger partial charge in [0.05, 0.1) is 5.92 Å². The van der Waals surface area contributed by atoms with E-state index in [0.717, 1.165) is 11.1 Å². The van der Waals surface area contributed by atoms with E-state index in [1.54, 1.807) is 12.1 Å². The van der Waals surface area contributed by atoms with Gasteiger partial charge in [-0.2, -0.15) is 5.10 Å². The third kappa shape index (κ3) is 2.85. The molecule has 0 spiro atoms. The zero-order valence-corrected chi connectivity index (χ0v) is 14.6. The van der Waals surface area contributed by atoms with E-state index in [0.29, 0.717) is 11.1 Å². The van der Waals surface area contributed by atoms with Crippen molar-refractivity contribution in [3.63, 3.8) is 0 Å². The quantitative estimate of drug-likeness (QED) is 0.443. The summed E-state index contributed by atoms with van der Waals surface area (Å²) >= 11 is 0. The lowest BCUT2D eigenvalue weighted by Crippen LogP contribution is -2.27. The monoisotopic (exact) mass is 354 g/mol. The largest absolute Gasteiger partial charge is 0.323 e. The zero-order valence-electron chi connectivity index (χ0n) is 14.6. The van der Waals surface area contributed by atoms with Crippen LogP contribution in [0.1, 0.15) is 34.1 Å². The average Bonchev–Trinajstić information content (AvgIpc) is 3.00. The van der Waals surface area contributed by atoms with Crippen molar-refractivity contribution in [1.29, 1.82) is 0 Å². The average molecular weight is 354 g/mol. The number of hydrogen-bond donors (Lipinski definition) is 1. The van der Waals surface area contributed by atoms with Crippen LogP contribution in [0.15, 0.2) is 90.0 Å². The predicted molar refractivity (Wildman–Crippen MR) is 105 cm³/mol. The molecule has 4 heteroatoms. The molecule has 0 fully saturated rings. The van der Waals surface area contributed by atoms with E-state index >= 15 is 0 Å². The Hall–Kier alpha value is -3.53. The van der Waals surface area contributed by atoms with E-state index < -0.39 is 11.8 Å². The van der Waals surface area contributed by atoms with Crippen LogP contribution < -0.4 is 5.84 Å². The molecular formula is C23H18N2O2. The number of rotatable bonds is 4. The topological polar surface area (TPSA) is 72.5 Å². The fraction of sp³-hybridized carbons (Fsp3) is 0.0870. The molecule has 4 rings (SSSR count). The maximum atomic E-state index is 13.7. The van der Waals surface area contributed by atoms with Gasteiger partial charge < -0.3 is 5.84 Å². The summed E-state index contributed by atoms with van der Waals surface area (Å²) in [4.78, 5) is 26.6. The smallest absolute Gasteiger partial charge is 0.198 e. The predicted octanol–water partition coefficient (Wildman–Crippen LogP) is 3.42. The molecule has 2 N–H and O–H groups in total. The van der Waals surface area contributed by atoms with Gasteiger partial charge in [-0.15, -0.1) is 0 Å². The molecule has 1 aliphatic carbocycles. The molecule has 0 heterocycles. The first-order valence-electron chi connectivity index (χ1n) is 8.77. The van der Waals surface area contributed by atoms with Gasteiger partial charge in [0.2, 0.25) is 0 Å². The molecule has 0 saturated heterocycles. The number of ketones is 2. The Morgan fingerprint density at radius 2 is 1.33 bits per heavy atom. The number of nitrogens with two attached hydrogens (primary N) is 1. The minimum Gasteiger partial charge on any atom is -0.323 e.